The molecule has 4 heteroatoms. The summed E-state index contributed by atoms with van der Waals surface area (Å²) < 4.78 is 6.01. The third-order valence-electron chi connectivity index (χ3n) is 4.08. The van der Waals surface area contributed by atoms with Crippen LogP contribution in [0.15, 0.2) is 0 Å². The van der Waals surface area contributed by atoms with Crippen molar-refractivity contribution in [3.8, 4) is 0 Å². The van der Waals surface area contributed by atoms with Gasteiger partial charge in [-0.3, -0.25) is 14.5 Å². The first kappa shape index (κ1) is 13.5. The van der Waals surface area contributed by atoms with E-state index in [0.717, 1.165) is 32.1 Å². The van der Waals surface area contributed by atoms with Crippen LogP contribution in [-0.2, 0) is 14.3 Å². The summed E-state index contributed by atoms with van der Waals surface area (Å²) in [5, 5.41) is 0. The molecule has 1 aliphatic heterocycles. The van der Waals surface area contributed by atoms with Crippen LogP contribution in [-0.4, -0.2) is 29.0 Å². The van der Waals surface area contributed by atoms with Gasteiger partial charge in [0, 0.05) is 6.42 Å². The van der Waals surface area contributed by atoms with Gasteiger partial charge in [0.15, 0.2) is 5.72 Å². The van der Waals surface area contributed by atoms with Gasteiger partial charge in [-0.15, -0.1) is 0 Å². The number of rotatable bonds is 1. The fourth-order valence-corrected chi connectivity index (χ4v) is 2.90. The fraction of sp³-hybridized carbons (Fsp3) is 0.857. The monoisotopic (exact) mass is 253 g/mol. The Hall–Kier alpha value is -0.900. The van der Waals surface area contributed by atoms with E-state index in [1.165, 1.54) is 4.90 Å². The Bertz CT molecular complexity index is 356. The first-order chi connectivity index (χ1) is 8.43. The molecule has 2 aliphatic rings. The van der Waals surface area contributed by atoms with Gasteiger partial charge >= 0.3 is 0 Å². The number of nitrogens with zero attached hydrogens (tertiary/aromatic N) is 1. The third kappa shape index (κ3) is 2.07. The summed E-state index contributed by atoms with van der Waals surface area (Å²) in [7, 11) is 0. The summed E-state index contributed by atoms with van der Waals surface area (Å²) in [5.74, 6) is -0.169. The van der Waals surface area contributed by atoms with Gasteiger partial charge < -0.3 is 4.74 Å². The molecule has 0 aromatic carbocycles. The van der Waals surface area contributed by atoms with E-state index in [0.29, 0.717) is 13.0 Å². The van der Waals surface area contributed by atoms with E-state index in [2.05, 4.69) is 0 Å². The van der Waals surface area contributed by atoms with Crippen LogP contribution in [0.25, 0.3) is 0 Å². The molecule has 0 radical (unpaired) electrons. The molecule has 0 atom stereocenters. The van der Waals surface area contributed by atoms with E-state index in [9.17, 15) is 9.59 Å². The lowest BCUT2D eigenvalue weighted by Gasteiger charge is -2.51. The van der Waals surface area contributed by atoms with E-state index < -0.39 is 11.1 Å². The van der Waals surface area contributed by atoms with Gasteiger partial charge in [0.05, 0.1) is 12.0 Å². The lowest BCUT2D eigenvalue weighted by molar-refractivity contribution is -0.229. The maximum Gasteiger partial charge on any atom is 0.239 e. The first-order valence-electron chi connectivity index (χ1n) is 6.94. The summed E-state index contributed by atoms with van der Waals surface area (Å²) in [6, 6.07) is 0. The van der Waals surface area contributed by atoms with Crippen molar-refractivity contribution in [2.45, 2.75) is 65.0 Å². The van der Waals surface area contributed by atoms with E-state index in [-0.39, 0.29) is 11.8 Å². The molecule has 0 N–H and O–H groups in total. The highest BCUT2D eigenvalue weighted by Crippen LogP contribution is 2.42. The second-order valence-electron chi connectivity index (χ2n) is 6.07. The minimum atomic E-state index is -0.641. The number of carbonyl (C=O) groups is 2. The van der Waals surface area contributed by atoms with Crippen LogP contribution < -0.4 is 0 Å². The van der Waals surface area contributed by atoms with Crippen molar-refractivity contribution in [3.63, 3.8) is 0 Å². The maximum atomic E-state index is 12.5. The molecule has 0 aromatic rings. The number of amides is 2. The van der Waals surface area contributed by atoms with Crippen molar-refractivity contribution in [2.75, 3.05) is 6.61 Å². The molecule has 1 heterocycles. The number of hydrogen-bond donors (Lipinski definition) is 0. The van der Waals surface area contributed by atoms with Crippen LogP contribution in [0.5, 0.6) is 0 Å². The highest BCUT2D eigenvalue weighted by atomic mass is 16.5. The highest BCUT2D eigenvalue weighted by molar-refractivity contribution is 5.99. The molecule has 2 fully saturated rings. The maximum absolute atomic E-state index is 12.5. The first-order valence-corrected chi connectivity index (χ1v) is 6.94. The molecule has 2 rings (SSSR count). The topological polar surface area (TPSA) is 46.6 Å². The number of carbonyl (C=O) groups excluding carboxylic acids is 2. The van der Waals surface area contributed by atoms with Crippen LogP contribution in [0.3, 0.4) is 0 Å². The van der Waals surface area contributed by atoms with Crippen LogP contribution in [0.2, 0.25) is 0 Å². The lowest BCUT2D eigenvalue weighted by atomic mass is 9.83. The zero-order chi connectivity index (χ0) is 13.4. The molecule has 0 bridgehead atoms. The van der Waals surface area contributed by atoms with E-state index >= 15 is 0 Å². The zero-order valence-corrected chi connectivity index (χ0v) is 11.6. The minimum Gasteiger partial charge on any atom is -0.354 e. The Balaban J connectivity index is 2.34. The second-order valence-corrected chi connectivity index (χ2v) is 6.07. The molecular weight excluding hydrogens is 230 g/mol. The third-order valence-corrected chi connectivity index (χ3v) is 4.08. The van der Waals surface area contributed by atoms with Crippen LogP contribution in [0, 0.1) is 5.41 Å². The van der Waals surface area contributed by atoms with Crippen LogP contribution in [0.4, 0.5) is 0 Å². The summed E-state index contributed by atoms with van der Waals surface area (Å²) in [6.07, 6.45) is 5.16. The smallest absolute Gasteiger partial charge is 0.239 e. The average molecular weight is 253 g/mol. The molecule has 102 valence electrons. The van der Waals surface area contributed by atoms with Gasteiger partial charge in [-0.25, -0.2) is 0 Å². The van der Waals surface area contributed by atoms with Crippen LogP contribution in [0.1, 0.15) is 59.3 Å². The Labute approximate surface area is 109 Å². The standard InChI is InChI=1S/C14H23NO3/c1-4-11(16)15-12(17)13(2,3)10-18-14(15)8-6-5-7-9-14/h4-10H2,1-3H3. The molecule has 1 spiro atoms. The number of ether oxygens (including phenoxy) is 1. The summed E-state index contributed by atoms with van der Waals surface area (Å²) >= 11 is 0. The molecule has 1 saturated carbocycles. The molecule has 18 heavy (non-hydrogen) atoms. The molecule has 2 amide bonds. The normalized spacial score (nSPS) is 26.4. The highest BCUT2D eigenvalue weighted by Gasteiger charge is 2.53. The largest absolute Gasteiger partial charge is 0.354 e. The molecule has 0 unspecified atom stereocenters. The Morgan fingerprint density at radius 3 is 2.44 bits per heavy atom. The van der Waals surface area contributed by atoms with Gasteiger partial charge in [0.2, 0.25) is 11.8 Å². The van der Waals surface area contributed by atoms with Gasteiger partial charge in [-0.1, -0.05) is 13.3 Å². The Morgan fingerprint density at radius 1 is 1.28 bits per heavy atom. The minimum absolute atomic E-state index is 0.0671. The van der Waals surface area contributed by atoms with Gasteiger partial charge in [-0.2, -0.15) is 0 Å². The van der Waals surface area contributed by atoms with Crippen molar-refractivity contribution in [3.05, 3.63) is 0 Å². The SMILES string of the molecule is CCC(=O)N1C(=O)C(C)(C)COC12CCCCC2. The molecule has 0 aromatic heterocycles. The molecule has 1 saturated heterocycles. The van der Waals surface area contributed by atoms with Crippen molar-refractivity contribution >= 4 is 11.8 Å². The summed E-state index contributed by atoms with van der Waals surface area (Å²) in [4.78, 5) is 26.1. The van der Waals surface area contributed by atoms with Crippen molar-refractivity contribution in [1.29, 1.82) is 0 Å². The lowest BCUT2D eigenvalue weighted by Crippen LogP contribution is -2.65. The zero-order valence-electron chi connectivity index (χ0n) is 11.6. The number of imide groups is 1. The quantitative estimate of drug-likeness (QED) is 0.721. The average Bonchev–Trinajstić information content (AvgIpc) is 2.36. The van der Waals surface area contributed by atoms with Crippen molar-refractivity contribution in [1.82, 2.24) is 4.90 Å². The van der Waals surface area contributed by atoms with Crippen LogP contribution >= 0.6 is 0 Å². The van der Waals surface area contributed by atoms with Crippen molar-refractivity contribution in [2.24, 2.45) is 5.41 Å². The van der Waals surface area contributed by atoms with E-state index in [1.807, 2.05) is 13.8 Å². The van der Waals surface area contributed by atoms with E-state index in [4.69, 9.17) is 4.74 Å². The second kappa shape index (κ2) is 4.65. The Kier molecular flexibility index (Phi) is 3.49. The Morgan fingerprint density at radius 2 is 1.89 bits per heavy atom. The molecule has 1 aliphatic carbocycles. The summed E-state index contributed by atoms with van der Waals surface area (Å²) in [6.45, 7) is 5.91. The molecule has 4 nitrogen and oxygen atoms in total. The van der Waals surface area contributed by atoms with E-state index in [1.54, 1.807) is 6.92 Å². The molecular formula is C14H23NO3. The predicted molar refractivity (Wildman–Crippen MR) is 67.7 cm³/mol. The van der Waals surface area contributed by atoms with Crippen molar-refractivity contribution < 1.29 is 14.3 Å². The summed E-state index contributed by atoms with van der Waals surface area (Å²) in [5.41, 5.74) is -1.23. The van der Waals surface area contributed by atoms with Gasteiger partial charge in [0.25, 0.3) is 0 Å². The van der Waals surface area contributed by atoms with Gasteiger partial charge in [0.1, 0.15) is 0 Å². The predicted octanol–water partition coefficient (Wildman–Crippen LogP) is 2.47. The van der Waals surface area contributed by atoms with Gasteiger partial charge in [-0.05, 0) is 39.5 Å². The fourth-order valence-electron chi connectivity index (χ4n) is 2.90. The number of hydrogen-bond acceptors (Lipinski definition) is 3.